The predicted molar refractivity (Wildman–Crippen MR) is 172 cm³/mol. The molecule has 0 aliphatic carbocycles. The fraction of sp³-hybridized carbons (Fsp3) is 0. The zero-order chi connectivity index (χ0) is 27.6. The first kappa shape index (κ1) is 23.0. The number of benzene rings is 6. The summed E-state index contributed by atoms with van der Waals surface area (Å²) in [5, 5.41) is 8.12. The molecule has 0 aliphatic rings. The maximum Gasteiger partial charge on any atom is 0.235 e. The number of aromatic nitrogens is 3. The highest BCUT2D eigenvalue weighted by Crippen LogP contribution is 2.40. The Hall–Kier alpha value is -5.74. The molecule has 0 unspecified atom stereocenters. The molecule has 0 saturated heterocycles. The minimum Gasteiger partial charge on any atom is -0.470 e. The largest absolute Gasteiger partial charge is 0.470 e. The zero-order valence-electron chi connectivity index (χ0n) is 22.5. The molecule has 42 heavy (non-hydrogen) atoms. The second-order valence-corrected chi connectivity index (χ2v) is 10.6. The molecular formula is C38H23N3O. The SMILES string of the molecule is c1ccc(-c2nc(-n3c4ccccc4c4c5ccccc5ccc43)nc3cocc23)c(-c2cccc3ccccc23)c1. The summed E-state index contributed by atoms with van der Waals surface area (Å²) in [5.41, 5.74) is 7.09. The summed E-state index contributed by atoms with van der Waals surface area (Å²) in [6.45, 7) is 0. The van der Waals surface area contributed by atoms with E-state index in [2.05, 4.69) is 132 Å². The van der Waals surface area contributed by atoms with Gasteiger partial charge in [-0.05, 0) is 44.8 Å². The molecule has 0 fully saturated rings. The van der Waals surface area contributed by atoms with E-state index in [0.717, 1.165) is 38.8 Å². The summed E-state index contributed by atoms with van der Waals surface area (Å²) >= 11 is 0. The van der Waals surface area contributed by atoms with E-state index in [1.54, 1.807) is 12.5 Å². The van der Waals surface area contributed by atoms with Gasteiger partial charge in [0.2, 0.25) is 5.95 Å². The Balaban J connectivity index is 1.36. The van der Waals surface area contributed by atoms with Crippen molar-refractivity contribution in [3.8, 4) is 28.3 Å². The molecule has 0 bridgehead atoms. The lowest BCUT2D eigenvalue weighted by molar-refractivity contribution is 0.572. The van der Waals surface area contributed by atoms with Gasteiger partial charge in [-0.2, -0.15) is 0 Å². The van der Waals surface area contributed by atoms with Gasteiger partial charge >= 0.3 is 0 Å². The van der Waals surface area contributed by atoms with Gasteiger partial charge in [-0.3, -0.25) is 4.57 Å². The minimum atomic E-state index is 0.619. The smallest absolute Gasteiger partial charge is 0.235 e. The molecule has 0 aliphatic heterocycles. The monoisotopic (exact) mass is 537 g/mol. The summed E-state index contributed by atoms with van der Waals surface area (Å²) in [4.78, 5) is 10.4. The van der Waals surface area contributed by atoms with Gasteiger partial charge in [0.05, 0.1) is 22.1 Å². The second-order valence-electron chi connectivity index (χ2n) is 10.6. The summed E-state index contributed by atoms with van der Waals surface area (Å²) in [6.07, 6.45) is 3.47. The average Bonchev–Trinajstić information content (AvgIpc) is 3.67. The van der Waals surface area contributed by atoms with Crippen LogP contribution in [0.3, 0.4) is 0 Å². The Morgan fingerprint density at radius 2 is 1.12 bits per heavy atom. The molecule has 6 aromatic carbocycles. The number of hydrogen-bond acceptors (Lipinski definition) is 3. The molecule has 0 N–H and O–H groups in total. The van der Waals surface area contributed by atoms with Gasteiger partial charge < -0.3 is 4.42 Å². The number of furan rings is 1. The number of hydrogen-bond donors (Lipinski definition) is 0. The third-order valence-corrected chi connectivity index (χ3v) is 8.35. The highest BCUT2D eigenvalue weighted by atomic mass is 16.3. The van der Waals surface area contributed by atoms with Crippen molar-refractivity contribution in [3.05, 3.63) is 140 Å². The van der Waals surface area contributed by atoms with E-state index < -0.39 is 0 Å². The summed E-state index contributed by atoms with van der Waals surface area (Å²) in [6, 6.07) is 44.9. The van der Waals surface area contributed by atoms with Crippen molar-refractivity contribution >= 4 is 54.3 Å². The predicted octanol–water partition coefficient (Wildman–Crippen LogP) is 9.96. The lowest BCUT2D eigenvalue weighted by Crippen LogP contribution is -2.03. The molecule has 0 saturated carbocycles. The molecule has 9 rings (SSSR count). The minimum absolute atomic E-state index is 0.619. The summed E-state index contributed by atoms with van der Waals surface area (Å²) < 4.78 is 7.92. The standard InChI is InChI=1S/C38H23N3O/c1-3-13-26-24(10-1)12-9-18-28(26)29-15-5-6-16-30(29)37-32-22-42-23-33(32)39-38(40-37)41-34-19-8-7-17-31(34)36-27-14-4-2-11-25(27)20-21-35(36)41/h1-23H. The maximum absolute atomic E-state index is 5.74. The van der Waals surface area contributed by atoms with Crippen LogP contribution in [0.15, 0.2) is 144 Å². The maximum atomic E-state index is 5.74. The van der Waals surface area contributed by atoms with Gasteiger partial charge in [0.1, 0.15) is 18.0 Å². The second kappa shape index (κ2) is 8.88. The Morgan fingerprint density at radius 1 is 0.452 bits per heavy atom. The first-order valence-corrected chi connectivity index (χ1v) is 14.1. The molecule has 0 radical (unpaired) electrons. The van der Waals surface area contributed by atoms with Crippen LogP contribution < -0.4 is 0 Å². The van der Waals surface area contributed by atoms with Crippen LogP contribution in [0.4, 0.5) is 0 Å². The van der Waals surface area contributed by atoms with Crippen molar-refractivity contribution in [1.29, 1.82) is 0 Å². The van der Waals surface area contributed by atoms with Crippen LogP contribution in [0.25, 0.3) is 82.6 Å². The van der Waals surface area contributed by atoms with Gasteiger partial charge in [-0.15, -0.1) is 0 Å². The first-order chi connectivity index (χ1) is 20.8. The van der Waals surface area contributed by atoms with E-state index in [1.165, 1.54) is 37.9 Å². The van der Waals surface area contributed by atoms with E-state index >= 15 is 0 Å². The topological polar surface area (TPSA) is 43.9 Å². The van der Waals surface area contributed by atoms with Gasteiger partial charge in [0.25, 0.3) is 0 Å². The van der Waals surface area contributed by atoms with Gasteiger partial charge in [-0.1, -0.05) is 115 Å². The van der Waals surface area contributed by atoms with Gasteiger partial charge in [0.15, 0.2) is 0 Å². The van der Waals surface area contributed by atoms with Crippen molar-refractivity contribution in [1.82, 2.24) is 14.5 Å². The van der Waals surface area contributed by atoms with Crippen LogP contribution >= 0.6 is 0 Å². The number of rotatable bonds is 3. The molecule has 9 aromatic rings. The highest BCUT2D eigenvalue weighted by Gasteiger charge is 2.21. The molecule has 3 heterocycles. The third kappa shape index (κ3) is 3.29. The lowest BCUT2D eigenvalue weighted by atomic mass is 9.92. The van der Waals surface area contributed by atoms with Crippen LogP contribution in [-0.2, 0) is 0 Å². The van der Waals surface area contributed by atoms with E-state index in [-0.39, 0.29) is 0 Å². The molecule has 0 atom stereocenters. The van der Waals surface area contributed by atoms with Crippen LogP contribution in [0, 0.1) is 0 Å². The van der Waals surface area contributed by atoms with Crippen molar-refractivity contribution in [2.24, 2.45) is 0 Å². The highest BCUT2D eigenvalue weighted by molar-refractivity contribution is 6.21. The molecule has 0 amide bonds. The molecule has 4 nitrogen and oxygen atoms in total. The quantitative estimate of drug-likeness (QED) is 0.225. The van der Waals surface area contributed by atoms with Crippen molar-refractivity contribution in [2.45, 2.75) is 0 Å². The van der Waals surface area contributed by atoms with Crippen molar-refractivity contribution in [3.63, 3.8) is 0 Å². The number of para-hydroxylation sites is 1. The van der Waals surface area contributed by atoms with E-state index in [1.807, 2.05) is 0 Å². The zero-order valence-corrected chi connectivity index (χ0v) is 22.5. The average molecular weight is 538 g/mol. The van der Waals surface area contributed by atoms with Crippen LogP contribution in [0.1, 0.15) is 0 Å². The number of fused-ring (bicyclic) bond motifs is 7. The van der Waals surface area contributed by atoms with Crippen LogP contribution in [0.5, 0.6) is 0 Å². The van der Waals surface area contributed by atoms with E-state index in [4.69, 9.17) is 14.4 Å². The lowest BCUT2D eigenvalue weighted by Gasteiger charge is -2.14. The Bertz CT molecular complexity index is 2480. The van der Waals surface area contributed by atoms with Crippen molar-refractivity contribution < 1.29 is 4.42 Å². The Morgan fingerprint density at radius 3 is 2.00 bits per heavy atom. The molecule has 196 valence electrons. The van der Waals surface area contributed by atoms with Crippen molar-refractivity contribution in [2.75, 3.05) is 0 Å². The molecular weight excluding hydrogens is 514 g/mol. The third-order valence-electron chi connectivity index (χ3n) is 8.35. The van der Waals surface area contributed by atoms with Crippen LogP contribution in [0.2, 0.25) is 0 Å². The Kier molecular flexibility index (Phi) is 4.87. The van der Waals surface area contributed by atoms with E-state index in [0.29, 0.717) is 5.95 Å². The first-order valence-electron chi connectivity index (χ1n) is 14.1. The normalized spacial score (nSPS) is 11.8. The Labute approximate surface area is 241 Å². The molecule has 4 heteroatoms. The van der Waals surface area contributed by atoms with Crippen LogP contribution in [-0.4, -0.2) is 14.5 Å². The van der Waals surface area contributed by atoms with E-state index in [9.17, 15) is 0 Å². The number of nitrogens with zero attached hydrogens (tertiary/aromatic N) is 3. The molecule has 3 aromatic heterocycles. The summed E-state index contributed by atoms with van der Waals surface area (Å²) in [5.74, 6) is 0.619. The fourth-order valence-corrected chi connectivity index (χ4v) is 6.49. The van der Waals surface area contributed by atoms with Gasteiger partial charge in [-0.25, -0.2) is 9.97 Å². The van der Waals surface area contributed by atoms with Gasteiger partial charge in [0, 0.05) is 16.3 Å². The summed E-state index contributed by atoms with van der Waals surface area (Å²) in [7, 11) is 0. The molecule has 0 spiro atoms. The fourth-order valence-electron chi connectivity index (χ4n) is 6.49.